The van der Waals surface area contributed by atoms with E-state index in [1.54, 1.807) is 20.0 Å². The van der Waals surface area contributed by atoms with Gasteiger partial charge in [-0.25, -0.2) is 0 Å². The lowest BCUT2D eigenvalue weighted by Crippen LogP contribution is -1.97. The van der Waals surface area contributed by atoms with E-state index < -0.39 is 0 Å². The van der Waals surface area contributed by atoms with Crippen LogP contribution in [0, 0.1) is 0 Å². The molecule has 0 saturated carbocycles. The highest BCUT2D eigenvalue weighted by molar-refractivity contribution is 6.10. The number of benzene rings is 1. The first kappa shape index (κ1) is 10.4. The minimum atomic E-state index is 0.675. The first-order valence-corrected chi connectivity index (χ1v) is 4.43. The number of nitrogens with zero attached hydrogens (tertiary/aromatic N) is 1. The van der Waals surface area contributed by atoms with Gasteiger partial charge in [0.2, 0.25) is 0 Å². The van der Waals surface area contributed by atoms with Crippen molar-refractivity contribution in [2.45, 2.75) is 6.92 Å². The van der Waals surface area contributed by atoms with Crippen LogP contribution >= 0.6 is 0 Å². The normalized spacial score (nSPS) is 12.7. The van der Waals surface area contributed by atoms with Crippen molar-refractivity contribution in [1.29, 1.82) is 0 Å². The number of rotatable bonds is 3. The Kier molecular flexibility index (Phi) is 3.80. The van der Waals surface area contributed by atoms with Crippen LogP contribution in [0.15, 0.2) is 47.0 Å². The maximum Gasteiger partial charge on any atom is 0.145 e. The largest absolute Gasteiger partial charge is 0.298 e. The van der Waals surface area contributed by atoms with E-state index in [1.807, 2.05) is 30.3 Å². The maximum absolute atomic E-state index is 10.5. The molecule has 72 valence electrons. The average molecular weight is 187 g/mol. The van der Waals surface area contributed by atoms with Crippen molar-refractivity contribution >= 4 is 12.0 Å². The maximum atomic E-state index is 10.5. The van der Waals surface area contributed by atoms with Crippen LogP contribution < -0.4 is 0 Å². The van der Waals surface area contributed by atoms with Gasteiger partial charge in [-0.1, -0.05) is 30.3 Å². The van der Waals surface area contributed by atoms with Crippen molar-refractivity contribution < 1.29 is 4.79 Å². The van der Waals surface area contributed by atoms with Gasteiger partial charge in [0, 0.05) is 7.05 Å². The first-order valence-electron chi connectivity index (χ1n) is 4.43. The molecule has 1 aromatic rings. The van der Waals surface area contributed by atoms with Crippen molar-refractivity contribution in [2.24, 2.45) is 4.99 Å². The van der Waals surface area contributed by atoms with E-state index in [4.69, 9.17) is 0 Å². The summed E-state index contributed by atoms with van der Waals surface area (Å²) in [7, 11) is 1.72. The highest BCUT2D eigenvalue weighted by Gasteiger charge is 1.98. The summed E-state index contributed by atoms with van der Waals surface area (Å²) >= 11 is 0. The van der Waals surface area contributed by atoms with Crippen molar-refractivity contribution in [2.75, 3.05) is 7.05 Å². The smallest absolute Gasteiger partial charge is 0.145 e. The molecule has 0 unspecified atom stereocenters. The Morgan fingerprint density at radius 2 is 1.93 bits per heavy atom. The molecule has 0 radical (unpaired) electrons. The highest BCUT2D eigenvalue weighted by Crippen LogP contribution is 2.03. The summed E-state index contributed by atoms with van der Waals surface area (Å²) in [5.74, 6) is 0. The number of carbonyl (C=O) groups excluding carboxylic acids is 1. The van der Waals surface area contributed by atoms with Gasteiger partial charge in [-0.05, 0) is 24.1 Å². The van der Waals surface area contributed by atoms with Crippen LogP contribution in [-0.2, 0) is 4.79 Å². The summed E-state index contributed by atoms with van der Waals surface area (Å²) in [6.07, 6.45) is 2.61. The first-order chi connectivity index (χ1) is 6.77. The van der Waals surface area contributed by atoms with E-state index in [1.165, 1.54) is 0 Å². The quantitative estimate of drug-likeness (QED) is 0.405. The lowest BCUT2D eigenvalue weighted by atomic mass is 10.1. The molecular weight excluding hydrogens is 174 g/mol. The molecule has 0 N–H and O–H groups in total. The monoisotopic (exact) mass is 187 g/mol. The van der Waals surface area contributed by atoms with Crippen LogP contribution in [0.5, 0.6) is 0 Å². The van der Waals surface area contributed by atoms with Crippen LogP contribution in [0.4, 0.5) is 0 Å². The molecule has 0 amide bonds. The summed E-state index contributed by atoms with van der Waals surface area (Å²) < 4.78 is 0. The Balaban J connectivity index is 3.02. The van der Waals surface area contributed by atoms with Crippen LogP contribution in [0.1, 0.15) is 12.5 Å². The zero-order valence-electron chi connectivity index (χ0n) is 8.40. The third kappa shape index (κ3) is 2.66. The van der Waals surface area contributed by atoms with Gasteiger partial charge >= 0.3 is 0 Å². The molecule has 0 bridgehead atoms. The fraction of sp³-hybridized carbons (Fsp3) is 0.167. The second-order valence-electron chi connectivity index (χ2n) is 2.98. The lowest BCUT2D eigenvalue weighted by Gasteiger charge is -2.00. The van der Waals surface area contributed by atoms with Crippen molar-refractivity contribution in [1.82, 2.24) is 0 Å². The van der Waals surface area contributed by atoms with E-state index in [0.29, 0.717) is 5.57 Å². The molecule has 0 heterocycles. The third-order valence-corrected chi connectivity index (χ3v) is 1.86. The number of carbonyl (C=O) groups is 1. The fourth-order valence-corrected chi connectivity index (χ4v) is 1.14. The number of aliphatic imine (C=N–C) groups is 1. The Hall–Kier alpha value is -1.70. The van der Waals surface area contributed by atoms with Gasteiger partial charge in [0.25, 0.3) is 0 Å². The third-order valence-electron chi connectivity index (χ3n) is 1.86. The van der Waals surface area contributed by atoms with Crippen molar-refractivity contribution in [3.63, 3.8) is 0 Å². The molecule has 0 aliphatic rings. The number of aldehydes is 1. The van der Waals surface area contributed by atoms with Gasteiger partial charge in [0.1, 0.15) is 6.29 Å². The predicted molar refractivity (Wildman–Crippen MR) is 58.7 cm³/mol. The van der Waals surface area contributed by atoms with E-state index in [9.17, 15) is 4.79 Å². The Morgan fingerprint density at radius 3 is 2.43 bits per heavy atom. The zero-order valence-corrected chi connectivity index (χ0v) is 8.40. The molecule has 0 atom stereocenters. The average Bonchev–Trinajstić information content (AvgIpc) is 2.26. The minimum absolute atomic E-state index is 0.675. The molecule has 0 aromatic heterocycles. The van der Waals surface area contributed by atoms with Crippen LogP contribution in [0.25, 0.3) is 0 Å². The molecular formula is C12H13NO. The minimum Gasteiger partial charge on any atom is -0.298 e. The Bertz CT molecular complexity index is 363. The second-order valence-corrected chi connectivity index (χ2v) is 2.98. The molecule has 2 heteroatoms. The summed E-state index contributed by atoms with van der Waals surface area (Å²) in [5, 5.41) is 0. The summed E-state index contributed by atoms with van der Waals surface area (Å²) in [6.45, 7) is 1.76. The molecule has 0 saturated heterocycles. The second kappa shape index (κ2) is 5.12. The van der Waals surface area contributed by atoms with Gasteiger partial charge in [0.05, 0.1) is 5.71 Å². The van der Waals surface area contributed by atoms with Gasteiger partial charge in [-0.3, -0.25) is 9.79 Å². The predicted octanol–water partition coefficient (Wildman–Crippen LogP) is 2.25. The molecule has 0 aliphatic heterocycles. The van der Waals surface area contributed by atoms with Gasteiger partial charge in [-0.2, -0.15) is 0 Å². The zero-order chi connectivity index (χ0) is 10.4. The van der Waals surface area contributed by atoms with Gasteiger partial charge < -0.3 is 0 Å². The number of hydrogen-bond acceptors (Lipinski definition) is 2. The topological polar surface area (TPSA) is 29.4 Å². The Morgan fingerprint density at radius 1 is 1.29 bits per heavy atom. The number of hydrogen-bond donors (Lipinski definition) is 0. The molecule has 0 fully saturated rings. The van der Waals surface area contributed by atoms with E-state index in [0.717, 1.165) is 17.6 Å². The molecule has 14 heavy (non-hydrogen) atoms. The van der Waals surface area contributed by atoms with Crippen molar-refractivity contribution in [3.8, 4) is 0 Å². The fourth-order valence-electron chi connectivity index (χ4n) is 1.14. The summed E-state index contributed by atoms with van der Waals surface area (Å²) in [5.41, 5.74) is 2.53. The SMILES string of the molecule is C/N=C(\C=C(/C)C=O)c1ccccc1. The number of allylic oxidation sites excluding steroid dienone is 2. The van der Waals surface area contributed by atoms with E-state index >= 15 is 0 Å². The molecule has 1 rings (SSSR count). The van der Waals surface area contributed by atoms with Gasteiger partial charge in [-0.15, -0.1) is 0 Å². The lowest BCUT2D eigenvalue weighted by molar-refractivity contribution is -0.104. The Labute approximate surface area is 84.0 Å². The molecule has 2 nitrogen and oxygen atoms in total. The molecule has 0 spiro atoms. The van der Waals surface area contributed by atoms with Crippen LogP contribution in [-0.4, -0.2) is 19.0 Å². The highest BCUT2D eigenvalue weighted by atomic mass is 16.1. The van der Waals surface area contributed by atoms with E-state index in [-0.39, 0.29) is 0 Å². The standard InChI is InChI=1S/C12H13NO/c1-10(9-14)8-12(13-2)11-6-4-3-5-7-11/h3-9H,1-2H3/b10-8+,13-12+. The van der Waals surface area contributed by atoms with Crippen molar-refractivity contribution in [3.05, 3.63) is 47.5 Å². The van der Waals surface area contributed by atoms with E-state index in [2.05, 4.69) is 4.99 Å². The molecule has 1 aromatic carbocycles. The van der Waals surface area contributed by atoms with Crippen LogP contribution in [0.3, 0.4) is 0 Å². The summed E-state index contributed by atoms with van der Waals surface area (Å²) in [4.78, 5) is 14.6. The van der Waals surface area contributed by atoms with Crippen LogP contribution in [0.2, 0.25) is 0 Å². The van der Waals surface area contributed by atoms with Gasteiger partial charge in [0.15, 0.2) is 0 Å². The summed E-state index contributed by atoms with van der Waals surface area (Å²) in [6, 6.07) is 9.79. The molecule has 0 aliphatic carbocycles.